The molecule has 1 nitrogen and oxygen atoms in total. The van der Waals surface area contributed by atoms with E-state index in [2.05, 4.69) is 32.7 Å². The van der Waals surface area contributed by atoms with Crippen LogP contribution in [-0.4, -0.2) is 26.7 Å². The van der Waals surface area contributed by atoms with Crippen LogP contribution in [0.5, 0.6) is 0 Å². The minimum atomic E-state index is 0.580. The van der Waals surface area contributed by atoms with Crippen molar-refractivity contribution in [2.24, 2.45) is 4.99 Å². The monoisotopic (exact) mass is 205 g/mol. The Bertz CT molecular complexity index is 153. The van der Waals surface area contributed by atoms with Crippen molar-refractivity contribution in [3.63, 3.8) is 0 Å². The molecule has 0 aromatic rings. The van der Waals surface area contributed by atoms with Crippen LogP contribution >= 0.6 is 0 Å². The molecule has 1 rings (SSSR count). The maximum atomic E-state index is 4.58. The first-order chi connectivity index (χ1) is 4.61. The third-order valence-electron chi connectivity index (χ3n) is 2.09. The molecule has 1 heterocycles. The van der Waals surface area contributed by atoms with E-state index >= 15 is 0 Å². The van der Waals surface area contributed by atoms with Crippen molar-refractivity contribution in [1.82, 2.24) is 0 Å². The molecule has 0 saturated heterocycles. The molecule has 3 unspecified atom stereocenters. The second-order valence-electron chi connectivity index (χ2n) is 2.99. The number of aliphatic imine (C=N–C) groups is 1. The average Bonchev–Trinajstić information content (AvgIpc) is 1.84. The Labute approximate surface area is 69.5 Å². The topological polar surface area (TPSA) is 12.4 Å². The van der Waals surface area contributed by atoms with E-state index in [-0.39, 0.29) is 0 Å². The van der Waals surface area contributed by atoms with Crippen LogP contribution in [0.3, 0.4) is 0 Å². The van der Waals surface area contributed by atoms with Crippen molar-refractivity contribution < 1.29 is 0 Å². The molecular weight excluding hydrogens is 189 g/mol. The summed E-state index contributed by atoms with van der Waals surface area (Å²) in [4.78, 5) is 6.19. The molecule has 0 spiro atoms. The Hall–Kier alpha value is 0.189. The van der Waals surface area contributed by atoms with Gasteiger partial charge in [0.2, 0.25) is 0 Å². The molecule has 0 aromatic carbocycles. The summed E-state index contributed by atoms with van der Waals surface area (Å²) in [7, 11) is 0. The van der Waals surface area contributed by atoms with E-state index in [0.29, 0.717) is 6.04 Å². The normalized spacial score (nSPS) is 41.2. The van der Waals surface area contributed by atoms with Crippen LogP contribution in [0.2, 0.25) is 9.63 Å². The first kappa shape index (κ1) is 8.29. The number of hydrogen-bond acceptors (Lipinski definition) is 1. The fourth-order valence-corrected chi connectivity index (χ4v) is 3.56. The molecule has 3 atom stereocenters. The van der Waals surface area contributed by atoms with Crippen molar-refractivity contribution in [3.8, 4) is 0 Å². The molecule has 0 aliphatic carbocycles. The summed E-state index contributed by atoms with van der Waals surface area (Å²) in [5.41, 5.74) is 1.37. The number of hydrogen-bond donors (Lipinski definition) is 0. The summed E-state index contributed by atoms with van der Waals surface area (Å²) in [6.07, 6.45) is 0. The van der Waals surface area contributed by atoms with Gasteiger partial charge in [0.1, 0.15) is 0 Å². The van der Waals surface area contributed by atoms with Gasteiger partial charge in [0, 0.05) is 0 Å². The molecule has 0 amide bonds. The van der Waals surface area contributed by atoms with E-state index < -0.39 is 0 Å². The molecule has 0 fully saturated rings. The zero-order valence-electron chi connectivity index (χ0n) is 7.09. The molecule has 2 heteroatoms. The van der Waals surface area contributed by atoms with Crippen LogP contribution in [0.25, 0.3) is 0 Å². The van der Waals surface area contributed by atoms with Crippen LogP contribution in [0.15, 0.2) is 4.99 Å². The quantitative estimate of drug-likeness (QED) is 0.536. The van der Waals surface area contributed by atoms with Gasteiger partial charge < -0.3 is 0 Å². The Morgan fingerprint density at radius 3 is 2.40 bits per heavy atom. The molecule has 1 aliphatic rings. The van der Waals surface area contributed by atoms with Gasteiger partial charge in [-0.3, -0.25) is 0 Å². The molecule has 0 N–H and O–H groups in total. The van der Waals surface area contributed by atoms with Crippen LogP contribution in [0.1, 0.15) is 27.7 Å². The van der Waals surface area contributed by atoms with E-state index in [0.717, 1.165) is 24.6 Å². The van der Waals surface area contributed by atoms with Gasteiger partial charge in [-0.25, -0.2) is 0 Å². The summed E-state index contributed by atoms with van der Waals surface area (Å²) < 4.78 is 0. The fraction of sp³-hybridized carbons (Fsp3) is 0.875. The SMILES string of the molecule is CC1=NC(C)C(C)[Se]C1C. The summed E-state index contributed by atoms with van der Waals surface area (Å²) in [5.74, 6) is 0. The van der Waals surface area contributed by atoms with Gasteiger partial charge in [0.25, 0.3) is 0 Å². The first-order valence-corrected chi connectivity index (χ1v) is 5.79. The predicted molar refractivity (Wildman–Crippen MR) is 47.2 cm³/mol. The standard InChI is InChI=1S/C8H15NSe/c1-5-7(3)10-8(4)6(2)9-5/h5,7-8H,1-4H3. The summed E-state index contributed by atoms with van der Waals surface area (Å²) in [6.45, 7) is 8.99. The van der Waals surface area contributed by atoms with E-state index in [1.54, 1.807) is 0 Å². The van der Waals surface area contributed by atoms with Crippen molar-refractivity contribution >= 4 is 20.7 Å². The second kappa shape index (κ2) is 3.06. The van der Waals surface area contributed by atoms with E-state index in [9.17, 15) is 0 Å². The van der Waals surface area contributed by atoms with Gasteiger partial charge in [-0.2, -0.15) is 0 Å². The number of rotatable bonds is 0. The van der Waals surface area contributed by atoms with Gasteiger partial charge in [-0.15, -0.1) is 0 Å². The van der Waals surface area contributed by atoms with E-state index in [1.165, 1.54) is 5.71 Å². The Morgan fingerprint density at radius 1 is 1.30 bits per heavy atom. The van der Waals surface area contributed by atoms with Crippen molar-refractivity contribution in [1.29, 1.82) is 0 Å². The molecule has 58 valence electrons. The van der Waals surface area contributed by atoms with Gasteiger partial charge >= 0.3 is 69.0 Å². The Morgan fingerprint density at radius 2 is 1.90 bits per heavy atom. The van der Waals surface area contributed by atoms with Crippen molar-refractivity contribution in [3.05, 3.63) is 0 Å². The third kappa shape index (κ3) is 1.62. The van der Waals surface area contributed by atoms with Gasteiger partial charge in [0.05, 0.1) is 0 Å². The van der Waals surface area contributed by atoms with Crippen LogP contribution < -0.4 is 0 Å². The maximum absolute atomic E-state index is 4.58. The van der Waals surface area contributed by atoms with Gasteiger partial charge in [-0.05, 0) is 0 Å². The summed E-state index contributed by atoms with van der Waals surface area (Å²) >= 11 is 0.783. The molecule has 0 saturated carbocycles. The summed E-state index contributed by atoms with van der Waals surface area (Å²) in [5, 5.41) is 0. The third-order valence-corrected chi connectivity index (χ3v) is 5.39. The van der Waals surface area contributed by atoms with Crippen LogP contribution in [0.4, 0.5) is 0 Å². The van der Waals surface area contributed by atoms with Crippen molar-refractivity contribution in [2.75, 3.05) is 0 Å². The predicted octanol–water partition coefficient (Wildman–Crippen LogP) is 2.17. The molecule has 0 bridgehead atoms. The Balaban J connectivity index is 2.69. The summed E-state index contributed by atoms with van der Waals surface area (Å²) in [6, 6.07) is 0.580. The van der Waals surface area contributed by atoms with Crippen molar-refractivity contribution in [2.45, 2.75) is 43.4 Å². The zero-order chi connectivity index (χ0) is 7.72. The molecule has 10 heavy (non-hydrogen) atoms. The molecule has 1 aliphatic heterocycles. The van der Waals surface area contributed by atoms with Gasteiger partial charge in [0.15, 0.2) is 0 Å². The van der Waals surface area contributed by atoms with Crippen LogP contribution in [-0.2, 0) is 0 Å². The second-order valence-corrected chi connectivity index (χ2v) is 6.61. The first-order valence-electron chi connectivity index (χ1n) is 3.81. The van der Waals surface area contributed by atoms with E-state index in [1.807, 2.05) is 0 Å². The fourth-order valence-electron chi connectivity index (χ4n) is 1.07. The van der Waals surface area contributed by atoms with Crippen LogP contribution in [0, 0.1) is 0 Å². The minimum absolute atomic E-state index is 0.580. The molecular formula is C8H15NSe. The van der Waals surface area contributed by atoms with Gasteiger partial charge in [-0.1, -0.05) is 0 Å². The average molecular weight is 204 g/mol. The zero-order valence-corrected chi connectivity index (χ0v) is 8.80. The van der Waals surface area contributed by atoms with E-state index in [4.69, 9.17) is 0 Å². The molecule has 0 aromatic heterocycles. The Kier molecular flexibility index (Phi) is 2.54. The number of nitrogens with zero attached hydrogens (tertiary/aromatic N) is 1. The molecule has 0 radical (unpaired) electrons.